The van der Waals surface area contributed by atoms with Crippen LogP contribution in [0.25, 0.3) is 22.5 Å². The SMILES string of the molecule is O=C(C1CC(F)(F)C1)N1Cc2ccc(-c3ncnc(Nc4ccc(-c5cn[nH]c5)cc4)n3)cc2C1. The van der Waals surface area contributed by atoms with Crippen molar-refractivity contribution in [3.8, 4) is 22.5 Å². The number of hydrogen-bond acceptors (Lipinski definition) is 6. The third-order valence-corrected chi connectivity index (χ3v) is 6.48. The Hall–Kier alpha value is -4.21. The smallest absolute Gasteiger partial charge is 0.249 e. The molecule has 8 nitrogen and oxygen atoms in total. The molecule has 35 heavy (non-hydrogen) atoms. The summed E-state index contributed by atoms with van der Waals surface area (Å²) in [6.07, 6.45) is 4.34. The minimum Gasteiger partial charge on any atom is -0.334 e. The summed E-state index contributed by atoms with van der Waals surface area (Å²) < 4.78 is 26.4. The van der Waals surface area contributed by atoms with Gasteiger partial charge in [-0.25, -0.2) is 18.7 Å². The Morgan fingerprint density at radius 3 is 2.51 bits per heavy atom. The van der Waals surface area contributed by atoms with Gasteiger partial charge in [0.1, 0.15) is 6.33 Å². The Labute approximate surface area is 199 Å². The van der Waals surface area contributed by atoms with Gasteiger partial charge in [-0.1, -0.05) is 24.3 Å². The first-order valence-corrected chi connectivity index (χ1v) is 11.3. The molecule has 0 unspecified atom stereocenters. The second kappa shape index (κ2) is 8.23. The van der Waals surface area contributed by atoms with Crippen LogP contribution < -0.4 is 5.32 Å². The van der Waals surface area contributed by atoms with Crippen LogP contribution in [0.5, 0.6) is 0 Å². The third-order valence-electron chi connectivity index (χ3n) is 6.48. The van der Waals surface area contributed by atoms with E-state index >= 15 is 0 Å². The van der Waals surface area contributed by atoms with E-state index in [1.54, 1.807) is 11.1 Å². The number of aromatic nitrogens is 5. The van der Waals surface area contributed by atoms with Crippen LogP contribution in [0.1, 0.15) is 24.0 Å². The molecular weight excluding hydrogens is 452 g/mol. The Kier molecular flexibility index (Phi) is 5.01. The highest BCUT2D eigenvalue weighted by Crippen LogP contribution is 2.44. The molecule has 2 aromatic heterocycles. The number of H-pyrrole nitrogens is 1. The molecule has 1 saturated carbocycles. The molecule has 2 N–H and O–H groups in total. The summed E-state index contributed by atoms with van der Waals surface area (Å²) in [6, 6.07) is 13.6. The van der Waals surface area contributed by atoms with Crippen molar-refractivity contribution in [2.24, 2.45) is 5.92 Å². The van der Waals surface area contributed by atoms with E-state index < -0.39 is 11.8 Å². The van der Waals surface area contributed by atoms with Gasteiger partial charge in [0.2, 0.25) is 17.8 Å². The monoisotopic (exact) mass is 473 g/mol. The topological polar surface area (TPSA) is 99.7 Å². The highest BCUT2D eigenvalue weighted by molar-refractivity contribution is 5.81. The van der Waals surface area contributed by atoms with Crippen molar-refractivity contribution in [1.29, 1.82) is 0 Å². The van der Waals surface area contributed by atoms with Crippen LogP contribution in [-0.4, -0.2) is 41.9 Å². The lowest BCUT2D eigenvalue weighted by Crippen LogP contribution is -2.45. The number of amides is 1. The van der Waals surface area contributed by atoms with Gasteiger partial charge in [0.05, 0.1) is 6.20 Å². The number of halogens is 2. The third kappa shape index (κ3) is 4.23. The molecule has 2 aliphatic rings. The van der Waals surface area contributed by atoms with Crippen molar-refractivity contribution < 1.29 is 13.6 Å². The fourth-order valence-corrected chi connectivity index (χ4v) is 4.56. The highest BCUT2D eigenvalue weighted by atomic mass is 19.3. The Morgan fingerprint density at radius 2 is 1.77 bits per heavy atom. The fraction of sp³-hybridized carbons (Fsp3) is 0.240. The number of fused-ring (bicyclic) bond motifs is 1. The molecular formula is C25H21F2N7O. The highest BCUT2D eigenvalue weighted by Gasteiger charge is 2.50. The molecule has 1 aliphatic carbocycles. The summed E-state index contributed by atoms with van der Waals surface area (Å²) in [6.45, 7) is 0.846. The molecule has 1 fully saturated rings. The number of hydrogen-bond donors (Lipinski definition) is 2. The zero-order chi connectivity index (χ0) is 24.0. The zero-order valence-electron chi connectivity index (χ0n) is 18.6. The van der Waals surface area contributed by atoms with Gasteiger partial charge < -0.3 is 10.2 Å². The lowest BCUT2D eigenvalue weighted by Gasteiger charge is -2.36. The molecule has 1 aliphatic heterocycles. The van der Waals surface area contributed by atoms with Gasteiger partial charge in [-0.15, -0.1) is 0 Å². The summed E-state index contributed by atoms with van der Waals surface area (Å²) in [5.41, 5.74) is 5.66. The first-order chi connectivity index (χ1) is 16.9. The number of carbonyl (C=O) groups excluding carboxylic acids is 1. The summed E-state index contributed by atoms with van der Waals surface area (Å²) >= 11 is 0. The van der Waals surface area contributed by atoms with Crippen molar-refractivity contribution in [2.75, 3.05) is 5.32 Å². The minimum absolute atomic E-state index is 0.195. The van der Waals surface area contributed by atoms with Crippen LogP contribution in [0.15, 0.2) is 61.2 Å². The van der Waals surface area contributed by atoms with Crippen LogP contribution in [-0.2, 0) is 17.9 Å². The van der Waals surface area contributed by atoms with Gasteiger partial charge >= 0.3 is 0 Å². The lowest BCUT2D eigenvalue weighted by atomic mass is 9.80. The maximum Gasteiger partial charge on any atom is 0.249 e. The number of anilines is 2. The quantitative estimate of drug-likeness (QED) is 0.441. The zero-order valence-corrected chi connectivity index (χ0v) is 18.6. The largest absolute Gasteiger partial charge is 0.334 e. The number of carbonyl (C=O) groups is 1. The number of nitrogens with one attached hydrogen (secondary N) is 2. The molecule has 4 aromatic rings. The van der Waals surface area contributed by atoms with E-state index in [1.165, 1.54) is 6.33 Å². The standard InChI is InChI=1S/C25H21F2N7O/c26-25(27)8-19(9-25)23(35)34-12-17-2-1-16(7-18(17)13-34)22-28-14-29-24(33-22)32-21-5-3-15(4-6-21)20-10-30-31-11-20/h1-7,10-11,14,19H,8-9,12-13H2,(H,30,31)(H,28,29,32,33). The van der Waals surface area contributed by atoms with Crippen LogP contribution in [0, 0.1) is 5.92 Å². The van der Waals surface area contributed by atoms with Gasteiger partial charge in [0, 0.05) is 54.9 Å². The van der Waals surface area contributed by atoms with E-state index in [1.807, 2.05) is 48.7 Å². The number of aromatic amines is 1. The second-order valence-corrected chi connectivity index (χ2v) is 8.96. The van der Waals surface area contributed by atoms with Crippen LogP contribution in [0.3, 0.4) is 0 Å². The van der Waals surface area contributed by atoms with Gasteiger partial charge in [0.25, 0.3) is 0 Å². The fourth-order valence-electron chi connectivity index (χ4n) is 4.56. The summed E-state index contributed by atoms with van der Waals surface area (Å²) in [5.74, 6) is -2.56. The molecule has 2 aromatic carbocycles. The van der Waals surface area contributed by atoms with E-state index in [9.17, 15) is 13.6 Å². The predicted molar refractivity (Wildman–Crippen MR) is 124 cm³/mol. The first-order valence-electron chi connectivity index (χ1n) is 11.3. The van der Waals surface area contributed by atoms with E-state index in [4.69, 9.17) is 0 Å². The minimum atomic E-state index is -2.70. The Balaban J connectivity index is 1.15. The normalized spacial score (nSPS) is 16.6. The molecule has 1 amide bonds. The number of rotatable bonds is 5. The molecule has 0 saturated heterocycles. The molecule has 0 bridgehead atoms. The number of alkyl halides is 2. The second-order valence-electron chi connectivity index (χ2n) is 8.96. The van der Waals surface area contributed by atoms with Crippen molar-refractivity contribution in [1.82, 2.24) is 30.0 Å². The molecule has 0 atom stereocenters. The molecule has 0 spiro atoms. The lowest BCUT2D eigenvalue weighted by molar-refractivity contribution is -0.160. The van der Waals surface area contributed by atoms with E-state index in [-0.39, 0.29) is 18.7 Å². The van der Waals surface area contributed by atoms with Crippen LogP contribution >= 0.6 is 0 Å². The molecule has 6 rings (SSSR count). The molecule has 3 heterocycles. The summed E-state index contributed by atoms with van der Waals surface area (Å²) in [5, 5.41) is 9.96. The van der Waals surface area contributed by atoms with E-state index in [0.29, 0.717) is 24.9 Å². The average Bonchev–Trinajstić information content (AvgIpc) is 3.52. The molecule has 176 valence electrons. The van der Waals surface area contributed by atoms with Gasteiger partial charge in [-0.05, 0) is 34.9 Å². The maximum atomic E-state index is 13.2. The number of nitrogens with zero attached hydrogens (tertiary/aromatic N) is 5. The molecule has 0 radical (unpaired) electrons. The van der Waals surface area contributed by atoms with Crippen molar-refractivity contribution >= 4 is 17.5 Å². The predicted octanol–water partition coefficient (Wildman–Crippen LogP) is 4.56. The van der Waals surface area contributed by atoms with Crippen molar-refractivity contribution in [3.05, 3.63) is 72.3 Å². The van der Waals surface area contributed by atoms with Gasteiger partial charge in [-0.2, -0.15) is 10.1 Å². The van der Waals surface area contributed by atoms with E-state index in [2.05, 4.69) is 30.5 Å². The summed E-state index contributed by atoms with van der Waals surface area (Å²) in [7, 11) is 0. The summed E-state index contributed by atoms with van der Waals surface area (Å²) in [4.78, 5) is 27.3. The van der Waals surface area contributed by atoms with Crippen molar-refractivity contribution in [3.63, 3.8) is 0 Å². The first kappa shape index (κ1) is 21.3. The average molecular weight is 473 g/mol. The molecule has 10 heteroatoms. The van der Waals surface area contributed by atoms with Crippen molar-refractivity contribution in [2.45, 2.75) is 31.9 Å². The van der Waals surface area contributed by atoms with Crippen LogP contribution in [0.2, 0.25) is 0 Å². The van der Waals surface area contributed by atoms with Gasteiger partial charge in [-0.3, -0.25) is 9.89 Å². The van der Waals surface area contributed by atoms with Crippen LogP contribution in [0.4, 0.5) is 20.4 Å². The Bertz CT molecular complexity index is 1380. The van der Waals surface area contributed by atoms with Gasteiger partial charge in [0.15, 0.2) is 5.82 Å². The number of benzene rings is 2. The van der Waals surface area contributed by atoms with E-state index in [0.717, 1.165) is 33.5 Å². The maximum absolute atomic E-state index is 13.2. The Morgan fingerprint density at radius 1 is 1.00 bits per heavy atom.